The van der Waals surface area contributed by atoms with Crippen LogP contribution in [0.2, 0.25) is 10.0 Å². The van der Waals surface area contributed by atoms with E-state index in [1.54, 1.807) is 24.3 Å². The molecule has 2 heterocycles. The highest BCUT2D eigenvalue weighted by atomic mass is 35.5. The van der Waals surface area contributed by atoms with Gasteiger partial charge >= 0.3 is 5.97 Å². The van der Waals surface area contributed by atoms with E-state index in [2.05, 4.69) is 10.3 Å². The number of amides is 1. The van der Waals surface area contributed by atoms with Crippen molar-refractivity contribution in [2.45, 2.75) is 6.54 Å². The fourth-order valence-electron chi connectivity index (χ4n) is 3.11. The number of hydrogen-bond acceptors (Lipinski definition) is 5. The van der Waals surface area contributed by atoms with Crippen LogP contribution in [0.4, 0.5) is 5.69 Å². The maximum atomic E-state index is 13.2. The molecule has 0 aliphatic rings. The number of benzene rings is 2. The van der Waals surface area contributed by atoms with Crippen LogP contribution in [0.5, 0.6) is 0 Å². The van der Waals surface area contributed by atoms with Crippen LogP contribution in [0, 0.1) is 0 Å². The van der Waals surface area contributed by atoms with E-state index in [4.69, 9.17) is 23.2 Å². The van der Waals surface area contributed by atoms with Gasteiger partial charge in [0, 0.05) is 26.7 Å². The van der Waals surface area contributed by atoms with Gasteiger partial charge in [-0.15, -0.1) is 11.3 Å². The summed E-state index contributed by atoms with van der Waals surface area (Å²) in [7, 11) is 0. The van der Waals surface area contributed by atoms with E-state index in [1.807, 2.05) is 6.07 Å². The number of nitrogens with zero attached hydrogens (tertiary/aromatic N) is 2. The molecular weight excluding hydrogens is 461 g/mol. The Morgan fingerprint density at radius 2 is 1.77 bits per heavy atom. The van der Waals surface area contributed by atoms with Gasteiger partial charge in [0.05, 0.1) is 10.9 Å². The van der Waals surface area contributed by atoms with Gasteiger partial charge < -0.3 is 10.4 Å². The number of carbonyl (C=O) groups excluding carboxylic acids is 1. The van der Waals surface area contributed by atoms with Crippen molar-refractivity contribution in [1.29, 1.82) is 0 Å². The van der Waals surface area contributed by atoms with Gasteiger partial charge in [0.25, 0.3) is 5.56 Å². The third-order valence-electron chi connectivity index (χ3n) is 4.40. The summed E-state index contributed by atoms with van der Waals surface area (Å²) in [5.41, 5.74) is 0.229. The molecule has 156 valence electrons. The van der Waals surface area contributed by atoms with Crippen molar-refractivity contribution < 1.29 is 14.7 Å². The van der Waals surface area contributed by atoms with Crippen LogP contribution in [0.15, 0.2) is 58.7 Å². The van der Waals surface area contributed by atoms with Gasteiger partial charge in [0.1, 0.15) is 17.2 Å². The Hall–Kier alpha value is -3.20. The molecule has 7 nitrogen and oxygen atoms in total. The molecule has 1 amide bonds. The van der Waals surface area contributed by atoms with Gasteiger partial charge in [-0.1, -0.05) is 53.5 Å². The molecule has 2 N–H and O–H groups in total. The lowest BCUT2D eigenvalue weighted by Gasteiger charge is -2.13. The van der Waals surface area contributed by atoms with E-state index in [0.29, 0.717) is 26.1 Å². The molecule has 0 unspecified atom stereocenters. The minimum absolute atomic E-state index is 0.0317. The molecular formula is C21H13Cl2N3O4S. The van der Waals surface area contributed by atoms with Crippen molar-refractivity contribution in [3.05, 3.63) is 79.9 Å². The van der Waals surface area contributed by atoms with Crippen LogP contribution < -0.4 is 10.9 Å². The van der Waals surface area contributed by atoms with E-state index in [0.717, 1.165) is 15.9 Å². The Bertz CT molecular complexity index is 1360. The molecule has 0 aliphatic heterocycles. The highest BCUT2D eigenvalue weighted by Crippen LogP contribution is 2.26. The first-order valence-electron chi connectivity index (χ1n) is 8.90. The summed E-state index contributed by atoms with van der Waals surface area (Å²) < 4.78 is 1.16. The van der Waals surface area contributed by atoms with Gasteiger partial charge in [0.15, 0.2) is 0 Å². The zero-order valence-electron chi connectivity index (χ0n) is 15.6. The number of halogens is 2. The van der Waals surface area contributed by atoms with Crippen molar-refractivity contribution in [2.75, 3.05) is 5.32 Å². The lowest BCUT2D eigenvalue weighted by Crippen LogP contribution is -2.30. The van der Waals surface area contributed by atoms with Gasteiger partial charge in [0.2, 0.25) is 5.91 Å². The van der Waals surface area contributed by atoms with Crippen LogP contribution in [0.3, 0.4) is 0 Å². The number of aromatic nitrogens is 2. The lowest BCUT2D eigenvalue weighted by molar-refractivity contribution is -0.116. The Labute approximate surface area is 189 Å². The first-order chi connectivity index (χ1) is 14.8. The van der Waals surface area contributed by atoms with E-state index in [1.165, 1.54) is 23.6 Å². The number of thiophene rings is 1. The number of carboxylic acid groups (broad SMARTS) is 1. The molecule has 2 aromatic heterocycles. The molecule has 0 aliphatic carbocycles. The fraction of sp³-hybridized carbons (Fsp3) is 0.0476. The number of anilines is 1. The summed E-state index contributed by atoms with van der Waals surface area (Å²) in [5, 5.41) is 14.1. The number of carbonyl (C=O) groups is 2. The van der Waals surface area contributed by atoms with Crippen molar-refractivity contribution in [1.82, 2.24) is 9.55 Å². The maximum absolute atomic E-state index is 13.2. The van der Waals surface area contributed by atoms with Crippen LogP contribution in [-0.4, -0.2) is 26.5 Å². The standard InChI is InChI=1S/C21H13Cl2N3O4S/c22-12-6-13(23)8-14(7-12)24-16(27)9-26-18(11-4-2-1-3-5-11)25-19-17(20(26)28)15(10-31-19)21(29)30/h1-8,10H,9H2,(H,24,27)(H,29,30). The number of aromatic carboxylic acids is 1. The molecule has 0 saturated heterocycles. The minimum Gasteiger partial charge on any atom is -0.478 e. The topological polar surface area (TPSA) is 101 Å². The zero-order chi connectivity index (χ0) is 22.1. The maximum Gasteiger partial charge on any atom is 0.337 e. The second kappa shape index (κ2) is 8.50. The third kappa shape index (κ3) is 4.32. The molecule has 31 heavy (non-hydrogen) atoms. The Morgan fingerprint density at radius 1 is 1.10 bits per heavy atom. The first-order valence-corrected chi connectivity index (χ1v) is 10.5. The molecule has 0 atom stereocenters. The van der Waals surface area contributed by atoms with Gasteiger partial charge in [-0.3, -0.25) is 14.2 Å². The van der Waals surface area contributed by atoms with Crippen LogP contribution in [-0.2, 0) is 11.3 Å². The summed E-state index contributed by atoms with van der Waals surface area (Å²) in [5.74, 6) is -1.50. The summed E-state index contributed by atoms with van der Waals surface area (Å²) in [6.07, 6.45) is 0. The van der Waals surface area contributed by atoms with E-state index < -0.39 is 17.4 Å². The predicted molar refractivity (Wildman–Crippen MR) is 121 cm³/mol. The summed E-state index contributed by atoms with van der Waals surface area (Å²) in [6, 6.07) is 13.5. The van der Waals surface area contributed by atoms with Crippen molar-refractivity contribution in [3.63, 3.8) is 0 Å². The number of fused-ring (bicyclic) bond motifs is 1. The van der Waals surface area contributed by atoms with Crippen molar-refractivity contribution in [2.24, 2.45) is 0 Å². The second-order valence-corrected chi connectivity index (χ2v) is 8.26. The number of hydrogen-bond donors (Lipinski definition) is 2. The van der Waals surface area contributed by atoms with Gasteiger partial charge in [-0.2, -0.15) is 0 Å². The highest BCUT2D eigenvalue weighted by Gasteiger charge is 2.21. The normalized spacial score (nSPS) is 10.9. The fourth-order valence-corrected chi connectivity index (χ4v) is 4.53. The van der Waals surface area contributed by atoms with Crippen molar-refractivity contribution >= 4 is 62.3 Å². The minimum atomic E-state index is -1.23. The lowest BCUT2D eigenvalue weighted by atomic mass is 10.2. The Kier molecular flexibility index (Phi) is 5.77. The molecule has 0 spiro atoms. The predicted octanol–water partition coefficient (Wildman–Crippen LogP) is 4.77. The number of nitrogens with one attached hydrogen (secondary N) is 1. The molecule has 4 rings (SSSR count). The second-order valence-electron chi connectivity index (χ2n) is 6.53. The highest BCUT2D eigenvalue weighted by molar-refractivity contribution is 7.17. The molecule has 4 aromatic rings. The molecule has 0 fully saturated rings. The van der Waals surface area contributed by atoms with E-state index in [-0.39, 0.29) is 23.3 Å². The summed E-state index contributed by atoms with van der Waals surface area (Å²) in [4.78, 5) is 42.3. The van der Waals surface area contributed by atoms with Crippen LogP contribution in [0.1, 0.15) is 10.4 Å². The van der Waals surface area contributed by atoms with Gasteiger partial charge in [-0.05, 0) is 18.2 Å². The van der Waals surface area contributed by atoms with Crippen LogP contribution in [0.25, 0.3) is 21.6 Å². The average Bonchev–Trinajstić information content (AvgIpc) is 3.14. The third-order valence-corrected chi connectivity index (χ3v) is 5.71. The van der Waals surface area contributed by atoms with Crippen LogP contribution >= 0.6 is 34.5 Å². The van der Waals surface area contributed by atoms with E-state index in [9.17, 15) is 19.5 Å². The smallest absolute Gasteiger partial charge is 0.337 e. The number of carboxylic acids is 1. The van der Waals surface area contributed by atoms with E-state index >= 15 is 0 Å². The Morgan fingerprint density at radius 3 is 2.42 bits per heavy atom. The molecule has 10 heteroatoms. The zero-order valence-corrected chi connectivity index (χ0v) is 18.0. The number of rotatable bonds is 5. The SMILES string of the molecule is O=C(Cn1c(-c2ccccc2)nc2scc(C(=O)O)c2c1=O)Nc1cc(Cl)cc(Cl)c1. The quantitative estimate of drug-likeness (QED) is 0.434. The summed E-state index contributed by atoms with van der Waals surface area (Å²) in [6.45, 7) is -0.384. The van der Waals surface area contributed by atoms with Crippen molar-refractivity contribution in [3.8, 4) is 11.4 Å². The monoisotopic (exact) mass is 473 g/mol. The Balaban J connectivity index is 1.81. The van der Waals surface area contributed by atoms with Gasteiger partial charge in [-0.25, -0.2) is 9.78 Å². The first kappa shape index (κ1) is 21.0. The molecule has 2 aromatic carbocycles. The largest absolute Gasteiger partial charge is 0.478 e. The molecule has 0 saturated carbocycles. The molecule has 0 bridgehead atoms. The average molecular weight is 474 g/mol. The summed E-state index contributed by atoms with van der Waals surface area (Å²) >= 11 is 13.0. The molecule has 0 radical (unpaired) electrons.